The highest BCUT2D eigenvalue weighted by molar-refractivity contribution is 6.31. The highest BCUT2D eigenvalue weighted by Gasteiger charge is 2.15. The van der Waals surface area contributed by atoms with Crippen LogP contribution in [-0.2, 0) is 0 Å². The van der Waals surface area contributed by atoms with Crippen LogP contribution in [0, 0.1) is 19.7 Å². The van der Waals surface area contributed by atoms with Gasteiger partial charge in [-0.3, -0.25) is 4.79 Å². The summed E-state index contributed by atoms with van der Waals surface area (Å²) in [6.07, 6.45) is 0.758. The Hall–Kier alpha value is -2.90. The second-order valence-corrected chi connectivity index (χ2v) is 6.91. The fraction of sp³-hybridized carbons (Fsp3) is 0.238. The zero-order valence-corrected chi connectivity index (χ0v) is 17.0. The number of ether oxygens (including phenoxy) is 1. The number of hydrogen-bond acceptors (Lipinski definition) is 4. The molecule has 3 rings (SSSR count). The molecule has 0 saturated heterocycles. The summed E-state index contributed by atoms with van der Waals surface area (Å²) >= 11 is 6.14. The number of carbonyl (C=O) groups is 1. The summed E-state index contributed by atoms with van der Waals surface area (Å²) < 4.78 is 21.6. The Kier molecular flexibility index (Phi) is 6.51. The molecule has 0 aliphatic carbocycles. The molecule has 8 heteroatoms. The molecule has 6 nitrogen and oxygen atoms in total. The largest absolute Gasteiger partial charge is 0.494 e. The zero-order chi connectivity index (χ0) is 21.0. The molecule has 1 heterocycles. The zero-order valence-electron chi connectivity index (χ0n) is 16.2. The van der Waals surface area contributed by atoms with Crippen molar-refractivity contribution < 1.29 is 13.9 Å². The van der Waals surface area contributed by atoms with Gasteiger partial charge in [-0.2, -0.15) is 5.10 Å². The lowest BCUT2D eigenvalue weighted by molar-refractivity contribution is 0.102. The molecule has 0 aliphatic rings. The Labute approximate surface area is 173 Å². The van der Waals surface area contributed by atoms with E-state index in [1.54, 1.807) is 50.2 Å². The normalized spacial score (nSPS) is 10.8. The minimum atomic E-state index is -0.520. The second kappa shape index (κ2) is 9.07. The van der Waals surface area contributed by atoms with Crippen molar-refractivity contribution in [1.82, 2.24) is 9.78 Å². The Balaban J connectivity index is 1.71. The molecule has 3 N–H and O–H groups in total. The van der Waals surface area contributed by atoms with E-state index in [1.165, 1.54) is 10.7 Å². The molecule has 0 aliphatic heterocycles. The van der Waals surface area contributed by atoms with E-state index in [0.29, 0.717) is 46.6 Å². The standard InChI is InChI=1S/C21H22ClFN4O2/c1-13-20(22)14(2)27(26-13)19-9-6-16(12-18(19)23)25-21(28)15-4-7-17(8-5-15)29-11-3-10-24/h4-9,12H,3,10-11,24H2,1-2H3,(H,25,28). The van der Waals surface area contributed by atoms with Crippen LogP contribution >= 0.6 is 11.6 Å². The maximum absolute atomic E-state index is 14.6. The van der Waals surface area contributed by atoms with Crippen LogP contribution in [0.5, 0.6) is 5.75 Å². The van der Waals surface area contributed by atoms with E-state index in [-0.39, 0.29) is 11.6 Å². The summed E-state index contributed by atoms with van der Waals surface area (Å²) in [5, 5.41) is 7.44. The number of rotatable bonds is 7. The third-order valence-corrected chi connectivity index (χ3v) is 4.92. The molecule has 3 aromatic rings. The van der Waals surface area contributed by atoms with Gasteiger partial charge < -0.3 is 15.8 Å². The highest BCUT2D eigenvalue weighted by atomic mass is 35.5. The Morgan fingerprint density at radius 2 is 1.97 bits per heavy atom. The van der Waals surface area contributed by atoms with Crippen LogP contribution in [0.3, 0.4) is 0 Å². The van der Waals surface area contributed by atoms with E-state index in [1.807, 2.05) is 0 Å². The van der Waals surface area contributed by atoms with Crippen molar-refractivity contribution in [2.24, 2.45) is 5.73 Å². The number of nitrogens with one attached hydrogen (secondary N) is 1. The molecule has 0 atom stereocenters. The minimum Gasteiger partial charge on any atom is -0.494 e. The van der Waals surface area contributed by atoms with Crippen LogP contribution in [0.15, 0.2) is 42.5 Å². The Morgan fingerprint density at radius 1 is 1.24 bits per heavy atom. The fourth-order valence-corrected chi connectivity index (χ4v) is 2.91. The third kappa shape index (κ3) is 4.75. The summed E-state index contributed by atoms with van der Waals surface area (Å²) in [7, 11) is 0. The number of hydrogen-bond donors (Lipinski definition) is 2. The fourth-order valence-electron chi connectivity index (χ4n) is 2.79. The summed E-state index contributed by atoms with van der Waals surface area (Å²) in [6.45, 7) is 4.60. The molecule has 0 unspecified atom stereocenters. The average molecular weight is 417 g/mol. The number of halogens is 2. The number of benzene rings is 2. The number of amides is 1. The number of aromatic nitrogens is 2. The SMILES string of the molecule is Cc1nn(-c2ccc(NC(=O)c3ccc(OCCCN)cc3)cc2F)c(C)c1Cl. The number of aryl methyl sites for hydroxylation is 1. The predicted molar refractivity (Wildman–Crippen MR) is 112 cm³/mol. The predicted octanol–water partition coefficient (Wildman–Crippen LogP) is 4.26. The van der Waals surface area contributed by atoms with Gasteiger partial charge in [-0.25, -0.2) is 9.07 Å². The molecule has 0 spiro atoms. The van der Waals surface area contributed by atoms with Gasteiger partial charge >= 0.3 is 0 Å². The summed E-state index contributed by atoms with van der Waals surface area (Å²) in [5.41, 5.74) is 7.73. The summed E-state index contributed by atoms with van der Waals surface area (Å²) in [4.78, 5) is 12.4. The van der Waals surface area contributed by atoms with Crippen molar-refractivity contribution in [3.05, 3.63) is 70.3 Å². The third-order valence-electron chi connectivity index (χ3n) is 4.37. The van der Waals surface area contributed by atoms with Crippen LogP contribution in [0.25, 0.3) is 5.69 Å². The van der Waals surface area contributed by atoms with Crippen molar-refractivity contribution in [2.75, 3.05) is 18.5 Å². The topological polar surface area (TPSA) is 82.2 Å². The van der Waals surface area contributed by atoms with E-state index in [0.717, 1.165) is 6.42 Å². The summed E-state index contributed by atoms with van der Waals surface area (Å²) in [6, 6.07) is 11.1. The maximum atomic E-state index is 14.6. The number of anilines is 1. The first kappa shape index (κ1) is 20.8. The van der Waals surface area contributed by atoms with E-state index < -0.39 is 5.82 Å². The van der Waals surface area contributed by atoms with E-state index in [9.17, 15) is 9.18 Å². The van der Waals surface area contributed by atoms with Crippen LogP contribution < -0.4 is 15.8 Å². The van der Waals surface area contributed by atoms with Crippen LogP contribution in [0.1, 0.15) is 28.2 Å². The molecule has 0 bridgehead atoms. The lowest BCUT2D eigenvalue weighted by Gasteiger charge is -2.10. The van der Waals surface area contributed by atoms with Gasteiger partial charge in [0, 0.05) is 11.3 Å². The van der Waals surface area contributed by atoms with Gasteiger partial charge in [-0.1, -0.05) is 11.6 Å². The Bertz CT molecular complexity index is 1020. The highest BCUT2D eigenvalue weighted by Crippen LogP contribution is 2.25. The molecular formula is C21H22ClFN4O2. The molecular weight excluding hydrogens is 395 g/mol. The van der Waals surface area contributed by atoms with Crippen molar-refractivity contribution in [3.63, 3.8) is 0 Å². The van der Waals surface area contributed by atoms with Gasteiger partial charge in [-0.15, -0.1) is 0 Å². The van der Waals surface area contributed by atoms with Crippen molar-refractivity contribution in [2.45, 2.75) is 20.3 Å². The minimum absolute atomic E-state index is 0.259. The number of carbonyl (C=O) groups excluding carboxylic acids is 1. The molecule has 29 heavy (non-hydrogen) atoms. The maximum Gasteiger partial charge on any atom is 0.255 e. The molecule has 0 radical (unpaired) electrons. The van der Waals surface area contributed by atoms with Crippen molar-refractivity contribution in [1.29, 1.82) is 0 Å². The first-order valence-corrected chi connectivity index (χ1v) is 9.54. The van der Waals surface area contributed by atoms with Gasteiger partial charge in [0.1, 0.15) is 11.4 Å². The average Bonchev–Trinajstić information content (AvgIpc) is 2.96. The Morgan fingerprint density at radius 3 is 2.55 bits per heavy atom. The first-order chi connectivity index (χ1) is 13.9. The quantitative estimate of drug-likeness (QED) is 0.564. The molecule has 2 aromatic carbocycles. The molecule has 0 fully saturated rings. The van der Waals surface area contributed by atoms with Crippen LogP contribution in [0.4, 0.5) is 10.1 Å². The van der Waals surface area contributed by atoms with Crippen LogP contribution in [0.2, 0.25) is 5.02 Å². The van der Waals surface area contributed by atoms with Gasteiger partial charge in [0.15, 0.2) is 5.82 Å². The van der Waals surface area contributed by atoms with Gasteiger partial charge in [0.25, 0.3) is 5.91 Å². The molecule has 0 saturated carbocycles. The number of nitrogens with two attached hydrogens (primary N) is 1. The first-order valence-electron chi connectivity index (χ1n) is 9.16. The smallest absolute Gasteiger partial charge is 0.255 e. The van der Waals surface area contributed by atoms with Crippen molar-refractivity contribution >= 4 is 23.2 Å². The monoisotopic (exact) mass is 416 g/mol. The summed E-state index contributed by atoms with van der Waals surface area (Å²) in [5.74, 6) is -0.206. The lowest BCUT2D eigenvalue weighted by atomic mass is 10.2. The molecule has 152 valence electrons. The molecule has 1 amide bonds. The van der Waals surface area contributed by atoms with Gasteiger partial charge in [-0.05, 0) is 69.3 Å². The van der Waals surface area contributed by atoms with Gasteiger partial charge in [0.05, 0.1) is 23.0 Å². The van der Waals surface area contributed by atoms with E-state index in [4.69, 9.17) is 22.1 Å². The van der Waals surface area contributed by atoms with Gasteiger partial charge in [0.2, 0.25) is 0 Å². The van der Waals surface area contributed by atoms with E-state index in [2.05, 4.69) is 10.4 Å². The molecule has 1 aromatic heterocycles. The van der Waals surface area contributed by atoms with E-state index >= 15 is 0 Å². The second-order valence-electron chi connectivity index (χ2n) is 6.53. The van der Waals surface area contributed by atoms with Crippen LogP contribution in [-0.4, -0.2) is 28.8 Å². The lowest BCUT2D eigenvalue weighted by Crippen LogP contribution is -2.12. The number of nitrogens with zero attached hydrogens (tertiary/aromatic N) is 2. The van der Waals surface area contributed by atoms with Crippen molar-refractivity contribution in [3.8, 4) is 11.4 Å².